The Morgan fingerprint density at radius 2 is 2.12 bits per heavy atom. The van der Waals surface area contributed by atoms with Crippen LogP contribution in [0.5, 0.6) is 0 Å². The van der Waals surface area contributed by atoms with E-state index in [4.69, 9.17) is 10.8 Å². The van der Waals surface area contributed by atoms with Crippen molar-refractivity contribution in [1.82, 2.24) is 9.80 Å². The molecule has 1 aliphatic rings. The van der Waals surface area contributed by atoms with Crippen molar-refractivity contribution >= 4 is 5.91 Å². The first-order valence-electron chi connectivity index (χ1n) is 6.48. The maximum atomic E-state index is 11.9. The van der Waals surface area contributed by atoms with Crippen LogP contribution in [0.25, 0.3) is 0 Å². The average Bonchev–Trinajstić information content (AvgIpc) is 2.23. The molecule has 1 amide bonds. The number of amides is 1. The number of nitrogens with two attached hydrogens (primary N) is 1. The summed E-state index contributed by atoms with van der Waals surface area (Å²) in [7, 11) is 1.82. The Hall–Kier alpha value is -0.650. The lowest BCUT2D eigenvalue weighted by atomic mass is 9.91. The van der Waals surface area contributed by atoms with E-state index in [-0.39, 0.29) is 12.5 Å². The zero-order chi connectivity index (χ0) is 12.7. The van der Waals surface area contributed by atoms with Gasteiger partial charge < -0.3 is 15.7 Å². The molecule has 0 unspecified atom stereocenters. The van der Waals surface area contributed by atoms with Crippen LogP contribution in [0.15, 0.2) is 0 Å². The third-order valence-electron chi connectivity index (χ3n) is 3.44. The Balaban J connectivity index is 2.34. The van der Waals surface area contributed by atoms with Crippen molar-refractivity contribution in [3.05, 3.63) is 0 Å². The van der Waals surface area contributed by atoms with Gasteiger partial charge in [-0.1, -0.05) is 6.42 Å². The van der Waals surface area contributed by atoms with Crippen LogP contribution < -0.4 is 5.73 Å². The van der Waals surface area contributed by atoms with E-state index < -0.39 is 0 Å². The Kier molecular flexibility index (Phi) is 6.47. The van der Waals surface area contributed by atoms with Gasteiger partial charge in [0.1, 0.15) is 0 Å². The molecular formula is C12H25N3O2. The number of carbonyl (C=O) groups is 1. The van der Waals surface area contributed by atoms with Crippen molar-refractivity contribution < 1.29 is 9.90 Å². The summed E-state index contributed by atoms with van der Waals surface area (Å²) in [6.07, 6.45) is 4.38. The van der Waals surface area contributed by atoms with Crippen molar-refractivity contribution in [3.8, 4) is 0 Å². The largest absolute Gasteiger partial charge is 0.395 e. The van der Waals surface area contributed by atoms with Gasteiger partial charge in [-0.25, -0.2) is 0 Å². The molecule has 0 radical (unpaired) electrons. The van der Waals surface area contributed by atoms with E-state index in [0.717, 1.165) is 19.3 Å². The summed E-state index contributed by atoms with van der Waals surface area (Å²) in [6, 6.07) is 0.494. The van der Waals surface area contributed by atoms with E-state index in [9.17, 15) is 4.79 Å². The fourth-order valence-electron chi connectivity index (χ4n) is 2.02. The van der Waals surface area contributed by atoms with Crippen LogP contribution in [0.3, 0.4) is 0 Å². The lowest BCUT2D eigenvalue weighted by molar-refractivity contribution is -0.132. The van der Waals surface area contributed by atoms with Gasteiger partial charge in [-0.3, -0.25) is 9.69 Å². The molecule has 1 rings (SSSR count). The van der Waals surface area contributed by atoms with Gasteiger partial charge >= 0.3 is 0 Å². The van der Waals surface area contributed by atoms with E-state index in [0.29, 0.717) is 32.2 Å². The zero-order valence-corrected chi connectivity index (χ0v) is 10.8. The molecule has 0 aromatic heterocycles. The van der Waals surface area contributed by atoms with E-state index >= 15 is 0 Å². The Labute approximate surface area is 104 Å². The van der Waals surface area contributed by atoms with Gasteiger partial charge in [-0.2, -0.15) is 0 Å². The van der Waals surface area contributed by atoms with Crippen LogP contribution in [-0.2, 0) is 4.79 Å². The third kappa shape index (κ3) is 4.61. The molecule has 3 N–H and O–H groups in total. The minimum absolute atomic E-state index is 0.121. The SMILES string of the molecule is CN(CCCN)C(=O)CN(CCO)C1CCC1. The number of nitrogens with zero attached hydrogens (tertiary/aromatic N) is 2. The second kappa shape index (κ2) is 7.63. The first-order chi connectivity index (χ1) is 8.19. The molecule has 0 saturated heterocycles. The zero-order valence-electron chi connectivity index (χ0n) is 10.8. The summed E-state index contributed by atoms with van der Waals surface area (Å²) < 4.78 is 0. The highest BCUT2D eigenvalue weighted by molar-refractivity contribution is 5.78. The standard InChI is InChI=1S/C12H25N3O2/c1-14(7-3-6-13)12(17)10-15(8-9-16)11-4-2-5-11/h11,16H,2-10,13H2,1H3. The summed E-state index contributed by atoms with van der Waals surface area (Å²) in [4.78, 5) is 15.8. The molecule has 5 heteroatoms. The van der Waals surface area contributed by atoms with Crippen LogP contribution >= 0.6 is 0 Å². The van der Waals surface area contributed by atoms with E-state index in [1.807, 2.05) is 7.05 Å². The van der Waals surface area contributed by atoms with Crippen molar-refractivity contribution in [1.29, 1.82) is 0 Å². The minimum atomic E-state index is 0.121. The maximum Gasteiger partial charge on any atom is 0.236 e. The summed E-state index contributed by atoms with van der Waals surface area (Å²) >= 11 is 0. The topological polar surface area (TPSA) is 69.8 Å². The van der Waals surface area contributed by atoms with Crippen molar-refractivity contribution in [2.75, 3.05) is 39.8 Å². The van der Waals surface area contributed by atoms with Crippen molar-refractivity contribution in [3.63, 3.8) is 0 Å². The predicted octanol–water partition coefficient (Wildman–Crippen LogP) is -0.360. The number of hydrogen-bond acceptors (Lipinski definition) is 4. The molecule has 100 valence electrons. The lowest BCUT2D eigenvalue weighted by Gasteiger charge is -2.37. The monoisotopic (exact) mass is 243 g/mol. The number of hydrogen-bond donors (Lipinski definition) is 2. The van der Waals surface area contributed by atoms with Crippen LogP contribution in [0, 0.1) is 0 Å². The average molecular weight is 243 g/mol. The van der Waals surface area contributed by atoms with Gasteiger partial charge in [0.05, 0.1) is 13.2 Å². The number of aliphatic hydroxyl groups is 1. The number of likely N-dealkylation sites (N-methyl/N-ethyl adjacent to an activating group) is 1. The Bertz CT molecular complexity index is 232. The first-order valence-corrected chi connectivity index (χ1v) is 6.48. The lowest BCUT2D eigenvalue weighted by Crippen LogP contribution is -2.47. The minimum Gasteiger partial charge on any atom is -0.395 e. The smallest absolute Gasteiger partial charge is 0.236 e. The molecule has 1 fully saturated rings. The van der Waals surface area contributed by atoms with Crippen LogP contribution in [0.2, 0.25) is 0 Å². The summed E-state index contributed by atoms with van der Waals surface area (Å²) in [5, 5.41) is 9.01. The molecular weight excluding hydrogens is 218 g/mol. The maximum absolute atomic E-state index is 11.9. The highest BCUT2D eigenvalue weighted by atomic mass is 16.3. The van der Waals surface area contributed by atoms with Gasteiger partial charge in [0.2, 0.25) is 5.91 Å². The molecule has 0 aliphatic heterocycles. The molecule has 1 aliphatic carbocycles. The van der Waals surface area contributed by atoms with Crippen LogP contribution in [-0.4, -0.2) is 66.7 Å². The number of aliphatic hydroxyl groups excluding tert-OH is 1. The quantitative estimate of drug-likeness (QED) is 0.611. The molecule has 0 spiro atoms. The fourth-order valence-corrected chi connectivity index (χ4v) is 2.02. The predicted molar refractivity (Wildman–Crippen MR) is 67.6 cm³/mol. The molecule has 0 atom stereocenters. The van der Waals surface area contributed by atoms with Gasteiger partial charge in [0.15, 0.2) is 0 Å². The van der Waals surface area contributed by atoms with E-state index in [1.165, 1.54) is 6.42 Å². The second-order valence-corrected chi connectivity index (χ2v) is 4.74. The van der Waals surface area contributed by atoms with Crippen molar-refractivity contribution in [2.45, 2.75) is 31.7 Å². The van der Waals surface area contributed by atoms with Gasteiger partial charge in [0, 0.05) is 26.2 Å². The van der Waals surface area contributed by atoms with Gasteiger partial charge in [0.25, 0.3) is 0 Å². The molecule has 0 aromatic rings. The molecule has 0 bridgehead atoms. The highest BCUT2D eigenvalue weighted by Gasteiger charge is 2.26. The summed E-state index contributed by atoms with van der Waals surface area (Å²) in [5.41, 5.74) is 5.42. The van der Waals surface area contributed by atoms with Crippen LogP contribution in [0.1, 0.15) is 25.7 Å². The number of carbonyl (C=O) groups excluding carboxylic acids is 1. The normalized spacial score (nSPS) is 16.0. The second-order valence-electron chi connectivity index (χ2n) is 4.74. The summed E-state index contributed by atoms with van der Waals surface area (Å²) in [6.45, 7) is 2.47. The highest BCUT2D eigenvalue weighted by Crippen LogP contribution is 2.24. The molecule has 0 aromatic carbocycles. The summed E-state index contributed by atoms with van der Waals surface area (Å²) in [5.74, 6) is 0.124. The molecule has 17 heavy (non-hydrogen) atoms. The molecule has 5 nitrogen and oxygen atoms in total. The Morgan fingerprint density at radius 3 is 2.59 bits per heavy atom. The van der Waals surface area contributed by atoms with E-state index in [1.54, 1.807) is 4.90 Å². The van der Waals surface area contributed by atoms with Crippen molar-refractivity contribution in [2.24, 2.45) is 5.73 Å². The fraction of sp³-hybridized carbons (Fsp3) is 0.917. The first kappa shape index (κ1) is 14.4. The third-order valence-corrected chi connectivity index (χ3v) is 3.44. The number of rotatable bonds is 8. The van der Waals surface area contributed by atoms with Gasteiger partial charge in [-0.05, 0) is 25.8 Å². The molecule has 0 heterocycles. The molecule has 1 saturated carbocycles. The van der Waals surface area contributed by atoms with Gasteiger partial charge in [-0.15, -0.1) is 0 Å². The Morgan fingerprint density at radius 1 is 1.41 bits per heavy atom. The van der Waals surface area contributed by atoms with Crippen LogP contribution in [0.4, 0.5) is 0 Å². The van der Waals surface area contributed by atoms with E-state index in [2.05, 4.69) is 4.90 Å².